The lowest BCUT2D eigenvalue weighted by Gasteiger charge is -2.07. The molecular weight excluding hydrogens is 284 g/mol. The lowest BCUT2D eigenvalue weighted by molar-refractivity contribution is 0.782. The van der Waals surface area contributed by atoms with Gasteiger partial charge in [0, 0.05) is 35.6 Å². The summed E-state index contributed by atoms with van der Waals surface area (Å²) >= 11 is 6.23. The number of anilines is 1. The first-order chi connectivity index (χ1) is 10.1. The molecule has 0 saturated heterocycles. The highest BCUT2D eigenvalue weighted by molar-refractivity contribution is 6.31. The average Bonchev–Trinajstić information content (AvgIpc) is 2.78. The summed E-state index contributed by atoms with van der Waals surface area (Å²) in [5, 5.41) is 5.28. The van der Waals surface area contributed by atoms with Crippen LogP contribution in [0.15, 0.2) is 42.7 Å². The third-order valence-corrected chi connectivity index (χ3v) is 3.97. The molecule has 0 aliphatic carbocycles. The summed E-state index contributed by atoms with van der Waals surface area (Å²) in [6.07, 6.45) is 3.52. The van der Waals surface area contributed by atoms with Crippen LogP contribution in [0, 0.1) is 6.92 Å². The summed E-state index contributed by atoms with van der Waals surface area (Å²) in [6.45, 7) is 1.98. The number of halogens is 1. The fraction of sp³-hybridized carbons (Fsp3) is 0.125. The van der Waals surface area contributed by atoms with Crippen LogP contribution >= 0.6 is 11.6 Å². The molecule has 2 heterocycles. The number of aromatic nitrogens is 3. The molecule has 0 aliphatic heterocycles. The van der Waals surface area contributed by atoms with Crippen molar-refractivity contribution in [3.8, 4) is 22.4 Å². The number of hydrogen-bond acceptors (Lipinski definition) is 3. The summed E-state index contributed by atoms with van der Waals surface area (Å²) in [4.78, 5) is 4.17. The van der Waals surface area contributed by atoms with Gasteiger partial charge in [-0.05, 0) is 24.6 Å². The van der Waals surface area contributed by atoms with Gasteiger partial charge in [-0.15, -0.1) is 0 Å². The molecule has 0 radical (unpaired) electrons. The van der Waals surface area contributed by atoms with Crippen LogP contribution in [0.2, 0.25) is 5.02 Å². The van der Waals surface area contributed by atoms with Crippen molar-refractivity contribution < 1.29 is 0 Å². The lowest BCUT2D eigenvalue weighted by atomic mass is 9.99. The zero-order valence-electron chi connectivity index (χ0n) is 11.8. The predicted octanol–water partition coefficient (Wildman–Crippen LogP) is 3.69. The summed E-state index contributed by atoms with van der Waals surface area (Å²) in [5.74, 6) is 0.609. The Balaban J connectivity index is 2.30. The first-order valence-corrected chi connectivity index (χ1v) is 6.95. The molecule has 0 bridgehead atoms. The van der Waals surface area contributed by atoms with E-state index in [1.807, 2.05) is 44.3 Å². The molecule has 4 nitrogen and oxygen atoms in total. The lowest BCUT2D eigenvalue weighted by Crippen LogP contribution is -1.98. The van der Waals surface area contributed by atoms with Crippen molar-refractivity contribution in [2.24, 2.45) is 7.05 Å². The van der Waals surface area contributed by atoms with Gasteiger partial charge < -0.3 is 5.73 Å². The number of nitrogen functional groups attached to an aromatic ring is 1. The van der Waals surface area contributed by atoms with Crippen LogP contribution in [0.1, 0.15) is 5.56 Å². The first-order valence-electron chi connectivity index (χ1n) is 6.58. The largest absolute Gasteiger partial charge is 0.383 e. The Kier molecular flexibility index (Phi) is 3.39. The standard InChI is InChI=1S/C16H15ClN4/c1-10-12(6-3-7-13(10)17)15-14(16(18)21(2)20-15)11-5-4-8-19-9-11/h3-9H,18H2,1-2H3. The minimum atomic E-state index is 0.609. The van der Waals surface area contributed by atoms with Crippen molar-refractivity contribution in [3.63, 3.8) is 0 Å². The van der Waals surface area contributed by atoms with E-state index < -0.39 is 0 Å². The van der Waals surface area contributed by atoms with E-state index >= 15 is 0 Å². The maximum absolute atomic E-state index is 6.23. The Morgan fingerprint density at radius 3 is 2.71 bits per heavy atom. The summed E-state index contributed by atoms with van der Waals surface area (Å²) in [7, 11) is 1.83. The van der Waals surface area contributed by atoms with Gasteiger partial charge in [0.15, 0.2) is 0 Å². The van der Waals surface area contributed by atoms with E-state index in [4.69, 9.17) is 17.3 Å². The van der Waals surface area contributed by atoms with Gasteiger partial charge in [-0.2, -0.15) is 5.10 Å². The van der Waals surface area contributed by atoms with Crippen molar-refractivity contribution in [2.45, 2.75) is 6.92 Å². The normalized spacial score (nSPS) is 10.8. The molecular formula is C16H15ClN4. The highest BCUT2D eigenvalue weighted by atomic mass is 35.5. The highest BCUT2D eigenvalue weighted by Gasteiger charge is 2.19. The third-order valence-electron chi connectivity index (χ3n) is 3.56. The maximum atomic E-state index is 6.23. The zero-order chi connectivity index (χ0) is 15.0. The van der Waals surface area contributed by atoms with Gasteiger partial charge in [0.05, 0.1) is 5.56 Å². The van der Waals surface area contributed by atoms with Crippen LogP contribution in [0.4, 0.5) is 5.82 Å². The Hall–Kier alpha value is -2.33. The van der Waals surface area contributed by atoms with Crippen LogP contribution in [0.3, 0.4) is 0 Å². The van der Waals surface area contributed by atoms with Crippen molar-refractivity contribution >= 4 is 17.4 Å². The molecule has 3 aromatic rings. The van der Waals surface area contributed by atoms with Gasteiger partial charge in [-0.25, -0.2) is 0 Å². The monoisotopic (exact) mass is 298 g/mol. The molecule has 106 valence electrons. The Morgan fingerprint density at radius 2 is 2.00 bits per heavy atom. The molecule has 2 aromatic heterocycles. The number of hydrogen-bond donors (Lipinski definition) is 1. The zero-order valence-corrected chi connectivity index (χ0v) is 12.6. The van der Waals surface area contributed by atoms with E-state index in [9.17, 15) is 0 Å². The second kappa shape index (κ2) is 5.22. The second-order valence-electron chi connectivity index (χ2n) is 4.89. The second-order valence-corrected chi connectivity index (χ2v) is 5.29. The van der Waals surface area contributed by atoms with Crippen LogP contribution in [0.25, 0.3) is 22.4 Å². The number of aryl methyl sites for hydroxylation is 1. The van der Waals surface area contributed by atoms with Crippen LogP contribution in [-0.2, 0) is 7.05 Å². The molecule has 5 heteroatoms. The van der Waals surface area contributed by atoms with E-state index in [0.29, 0.717) is 10.8 Å². The number of rotatable bonds is 2. The van der Waals surface area contributed by atoms with E-state index in [0.717, 1.165) is 27.9 Å². The van der Waals surface area contributed by atoms with Gasteiger partial charge in [-0.3, -0.25) is 9.67 Å². The van der Waals surface area contributed by atoms with Crippen molar-refractivity contribution in [1.82, 2.24) is 14.8 Å². The molecule has 0 saturated carbocycles. The van der Waals surface area contributed by atoms with Crippen LogP contribution < -0.4 is 5.73 Å². The van der Waals surface area contributed by atoms with E-state index in [1.54, 1.807) is 17.1 Å². The molecule has 0 amide bonds. The van der Waals surface area contributed by atoms with Crippen LogP contribution in [0.5, 0.6) is 0 Å². The van der Waals surface area contributed by atoms with Gasteiger partial charge in [0.1, 0.15) is 11.5 Å². The Bertz CT molecular complexity index is 794. The van der Waals surface area contributed by atoms with E-state index in [1.165, 1.54) is 0 Å². The molecule has 21 heavy (non-hydrogen) atoms. The Labute approximate surface area is 128 Å². The third kappa shape index (κ3) is 2.28. The molecule has 0 aliphatic rings. The maximum Gasteiger partial charge on any atom is 0.129 e. The van der Waals surface area contributed by atoms with Crippen LogP contribution in [-0.4, -0.2) is 14.8 Å². The number of nitrogens with zero attached hydrogens (tertiary/aromatic N) is 3. The smallest absolute Gasteiger partial charge is 0.129 e. The molecule has 0 unspecified atom stereocenters. The van der Waals surface area contributed by atoms with E-state index in [2.05, 4.69) is 10.1 Å². The fourth-order valence-corrected chi connectivity index (χ4v) is 2.56. The van der Waals surface area contributed by atoms with Gasteiger partial charge >= 0.3 is 0 Å². The summed E-state index contributed by atoms with van der Waals surface area (Å²) in [5.41, 5.74) is 10.8. The van der Waals surface area contributed by atoms with E-state index in [-0.39, 0.29) is 0 Å². The first kappa shape index (κ1) is 13.6. The summed E-state index contributed by atoms with van der Waals surface area (Å²) < 4.78 is 1.68. The summed E-state index contributed by atoms with van der Waals surface area (Å²) in [6, 6.07) is 9.65. The molecule has 2 N–H and O–H groups in total. The molecule has 0 fully saturated rings. The number of benzene rings is 1. The topological polar surface area (TPSA) is 56.7 Å². The minimum Gasteiger partial charge on any atom is -0.383 e. The van der Waals surface area contributed by atoms with Gasteiger partial charge in [0.2, 0.25) is 0 Å². The highest BCUT2D eigenvalue weighted by Crippen LogP contribution is 2.38. The molecule has 0 spiro atoms. The van der Waals surface area contributed by atoms with Crippen molar-refractivity contribution in [1.29, 1.82) is 0 Å². The quantitative estimate of drug-likeness (QED) is 0.785. The molecule has 3 rings (SSSR count). The Morgan fingerprint density at radius 1 is 1.19 bits per heavy atom. The number of nitrogens with two attached hydrogens (primary N) is 1. The van der Waals surface area contributed by atoms with Crippen molar-refractivity contribution in [3.05, 3.63) is 53.3 Å². The molecule has 1 aromatic carbocycles. The SMILES string of the molecule is Cc1c(Cl)cccc1-c1nn(C)c(N)c1-c1cccnc1. The van der Waals surface area contributed by atoms with Crippen molar-refractivity contribution in [2.75, 3.05) is 5.73 Å². The predicted molar refractivity (Wildman–Crippen MR) is 86.0 cm³/mol. The minimum absolute atomic E-state index is 0.609. The van der Waals surface area contributed by atoms with Gasteiger partial charge in [0.25, 0.3) is 0 Å². The van der Waals surface area contributed by atoms with Gasteiger partial charge in [-0.1, -0.05) is 29.8 Å². The fourth-order valence-electron chi connectivity index (χ4n) is 2.38. The number of pyridine rings is 1. The average molecular weight is 299 g/mol. The molecule has 0 atom stereocenters.